The second-order valence-corrected chi connectivity index (χ2v) is 5.21. The number of carbonyl (C=O) groups excluding carboxylic acids is 2. The van der Waals surface area contributed by atoms with Crippen molar-refractivity contribution in [2.45, 2.75) is 19.8 Å². The van der Waals surface area contributed by atoms with E-state index < -0.39 is 0 Å². The minimum Gasteiger partial charge on any atom is -0.494 e. The average molecular weight is 339 g/mol. The van der Waals surface area contributed by atoms with E-state index >= 15 is 0 Å². The van der Waals surface area contributed by atoms with Gasteiger partial charge in [0, 0.05) is 18.5 Å². The smallest absolute Gasteiger partial charge is 0.240 e. The normalized spacial score (nSPS) is 10.4. The van der Waals surface area contributed by atoms with Crippen molar-refractivity contribution in [3.05, 3.63) is 60.2 Å². The summed E-state index contributed by atoms with van der Waals surface area (Å²) in [5.74, 6) is 0.260. The molecular weight excluding hydrogens is 318 g/mol. The van der Waals surface area contributed by atoms with Crippen molar-refractivity contribution in [1.29, 1.82) is 0 Å². The van der Waals surface area contributed by atoms with Gasteiger partial charge in [0.2, 0.25) is 11.8 Å². The number of hydrazone groups is 1. The zero-order chi connectivity index (χ0) is 17.9. The Kier molecular flexibility index (Phi) is 7.18. The fraction of sp³-hybridized carbons (Fsp3) is 0.211. The number of hydrogen-bond donors (Lipinski definition) is 2. The molecule has 0 unspecified atom stereocenters. The van der Waals surface area contributed by atoms with E-state index in [1.54, 1.807) is 12.1 Å². The first-order valence-corrected chi connectivity index (χ1v) is 8.07. The molecule has 2 aromatic rings. The Hall–Kier alpha value is -3.15. The summed E-state index contributed by atoms with van der Waals surface area (Å²) in [5.41, 5.74) is 3.96. The highest BCUT2D eigenvalue weighted by Gasteiger charge is 2.06. The third-order valence-electron chi connectivity index (χ3n) is 3.23. The Morgan fingerprint density at radius 2 is 1.68 bits per heavy atom. The molecule has 0 aliphatic carbocycles. The van der Waals surface area contributed by atoms with Crippen LogP contribution in [0.25, 0.3) is 0 Å². The summed E-state index contributed by atoms with van der Waals surface area (Å²) in [6.45, 7) is 2.53. The van der Waals surface area contributed by atoms with E-state index in [0.29, 0.717) is 12.3 Å². The van der Waals surface area contributed by atoms with Gasteiger partial charge >= 0.3 is 0 Å². The number of carbonyl (C=O) groups is 2. The van der Waals surface area contributed by atoms with E-state index in [2.05, 4.69) is 15.8 Å². The maximum atomic E-state index is 11.8. The predicted molar refractivity (Wildman–Crippen MR) is 97.7 cm³/mol. The molecule has 0 aromatic heterocycles. The van der Waals surface area contributed by atoms with Crippen molar-refractivity contribution < 1.29 is 14.3 Å². The topological polar surface area (TPSA) is 79.8 Å². The summed E-state index contributed by atoms with van der Waals surface area (Å²) in [5, 5.41) is 6.61. The van der Waals surface area contributed by atoms with Crippen LogP contribution in [0.2, 0.25) is 0 Å². The molecule has 2 rings (SSSR count). The van der Waals surface area contributed by atoms with Crippen molar-refractivity contribution in [2.75, 3.05) is 11.9 Å². The number of anilines is 1. The molecule has 0 radical (unpaired) electrons. The van der Waals surface area contributed by atoms with Crippen LogP contribution < -0.4 is 15.5 Å². The minimum absolute atomic E-state index is 0.0687. The number of nitrogens with zero attached hydrogens (tertiary/aromatic N) is 1. The maximum Gasteiger partial charge on any atom is 0.240 e. The summed E-state index contributed by atoms with van der Waals surface area (Å²) >= 11 is 0. The molecule has 130 valence electrons. The van der Waals surface area contributed by atoms with Crippen molar-refractivity contribution in [1.82, 2.24) is 5.43 Å². The standard InChI is InChI=1S/C19H21N3O3/c1-2-25-17-10-8-15(9-11-17)14-20-22-19(24)13-12-18(23)21-16-6-4-3-5-7-16/h3-11,14H,2,12-13H2,1H3,(H,21,23)(H,22,24)/b20-14-. The molecular formula is C19H21N3O3. The van der Waals surface area contributed by atoms with Gasteiger partial charge in [-0.25, -0.2) is 5.43 Å². The third-order valence-corrected chi connectivity index (χ3v) is 3.23. The van der Waals surface area contributed by atoms with Crippen LogP contribution in [0, 0.1) is 0 Å². The molecule has 2 N–H and O–H groups in total. The van der Waals surface area contributed by atoms with Gasteiger partial charge in [-0.15, -0.1) is 0 Å². The molecule has 0 aliphatic heterocycles. The molecule has 6 heteroatoms. The van der Waals surface area contributed by atoms with E-state index in [9.17, 15) is 9.59 Å². The van der Waals surface area contributed by atoms with Gasteiger partial charge in [0.25, 0.3) is 0 Å². The number of ether oxygens (including phenoxy) is 1. The zero-order valence-electron chi connectivity index (χ0n) is 14.1. The molecule has 0 fully saturated rings. The summed E-state index contributed by atoms with van der Waals surface area (Å²) < 4.78 is 5.35. The molecule has 0 atom stereocenters. The molecule has 25 heavy (non-hydrogen) atoms. The van der Waals surface area contributed by atoms with Crippen LogP contribution in [-0.2, 0) is 9.59 Å². The quantitative estimate of drug-likeness (QED) is 0.573. The van der Waals surface area contributed by atoms with E-state index in [0.717, 1.165) is 11.3 Å². The lowest BCUT2D eigenvalue weighted by atomic mass is 10.2. The van der Waals surface area contributed by atoms with Crippen LogP contribution in [0.1, 0.15) is 25.3 Å². The molecule has 2 amide bonds. The Morgan fingerprint density at radius 1 is 1.00 bits per heavy atom. The lowest BCUT2D eigenvalue weighted by Crippen LogP contribution is -2.20. The molecule has 0 aliphatic rings. The Labute approximate surface area is 146 Å². The zero-order valence-corrected chi connectivity index (χ0v) is 14.1. The fourth-order valence-electron chi connectivity index (χ4n) is 2.02. The fourth-order valence-corrected chi connectivity index (χ4v) is 2.02. The van der Waals surface area contributed by atoms with E-state index in [1.165, 1.54) is 6.21 Å². The Morgan fingerprint density at radius 3 is 2.36 bits per heavy atom. The Bertz CT molecular complexity index is 712. The van der Waals surface area contributed by atoms with E-state index in [4.69, 9.17) is 4.74 Å². The second-order valence-electron chi connectivity index (χ2n) is 5.21. The largest absolute Gasteiger partial charge is 0.494 e. The number of amides is 2. The summed E-state index contributed by atoms with van der Waals surface area (Å²) in [6, 6.07) is 16.5. The van der Waals surface area contributed by atoms with Gasteiger partial charge in [0.1, 0.15) is 5.75 Å². The third kappa shape index (κ3) is 6.87. The van der Waals surface area contributed by atoms with Crippen molar-refractivity contribution in [3.63, 3.8) is 0 Å². The Balaban J connectivity index is 1.70. The van der Waals surface area contributed by atoms with Crippen LogP contribution in [0.4, 0.5) is 5.69 Å². The van der Waals surface area contributed by atoms with Crippen molar-refractivity contribution in [3.8, 4) is 5.75 Å². The van der Waals surface area contributed by atoms with Gasteiger partial charge in [-0.3, -0.25) is 9.59 Å². The molecule has 6 nitrogen and oxygen atoms in total. The summed E-state index contributed by atoms with van der Waals surface area (Å²) in [6.07, 6.45) is 1.70. The molecule has 2 aromatic carbocycles. The highest BCUT2D eigenvalue weighted by Crippen LogP contribution is 2.10. The van der Waals surface area contributed by atoms with E-state index in [1.807, 2.05) is 49.4 Å². The second kappa shape index (κ2) is 9.87. The molecule has 0 spiro atoms. The molecule has 0 heterocycles. The minimum atomic E-state index is -0.314. The first kappa shape index (κ1) is 18.2. The number of para-hydroxylation sites is 1. The predicted octanol–water partition coefficient (Wildman–Crippen LogP) is 2.95. The van der Waals surface area contributed by atoms with Gasteiger partial charge in [0.05, 0.1) is 12.8 Å². The van der Waals surface area contributed by atoms with Crippen molar-refractivity contribution >= 4 is 23.7 Å². The molecule has 0 saturated heterocycles. The SMILES string of the molecule is CCOc1ccc(/C=N\NC(=O)CCC(=O)Nc2ccccc2)cc1. The van der Waals surface area contributed by atoms with Gasteiger partial charge in [-0.2, -0.15) is 5.10 Å². The van der Waals surface area contributed by atoms with Gasteiger partial charge < -0.3 is 10.1 Å². The highest BCUT2D eigenvalue weighted by molar-refractivity contribution is 5.93. The van der Waals surface area contributed by atoms with Crippen LogP contribution >= 0.6 is 0 Å². The lowest BCUT2D eigenvalue weighted by molar-refractivity contribution is -0.124. The molecule has 0 bridgehead atoms. The van der Waals surface area contributed by atoms with Crippen LogP contribution in [-0.4, -0.2) is 24.6 Å². The van der Waals surface area contributed by atoms with Gasteiger partial charge in [-0.05, 0) is 48.9 Å². The van der Waals surface area contributed by atoms with Crippen molar-refractivity contribution in [2.24, 2.45) is 5.10 Å². The number of rotatable bonds is 8. The van der Waals surface area contributed by atoms with E-state index in [-0.39, 0.29) is 24.7 Å². The average Bonchev–Trinajstić information content (AvgIpc) is 2.63. The first-order valence-electron chi connectivity index (χ1n) is 8.07. The highest BCUT2D eigenvalue weighted by atomic mass is 16.5. The summed E-state index contributed by atoms with van der Waals surface area (Å²) in [4.78, 5) is 23.5. The lowest BCUT2D eigenvalue weighted by Gasteiger charge is -2.04. The van der Waals surface area contributed by atoms with Crippen LogP contribution in [0.3, 0.4) is 0 Å². The van der Waals surface area contributed by atoms with Gasteiger partial charge in [0.15, 0.2) is 0 Å². The molecule has 0 saturated carbocycles. The number of hydrogen-bond acceptors (Lipinski definition) is 4. The van der Waals surface area contributed by atoms with Gasteiger partial charge in [-0.1, -0.05) is 18.2 Å². The maximum absolute atomic E-state index is 11.8. The number of nitrogens with one attached hydrogen (secondary N) is 2. The van der Waals surface area contributed by atoms with Crippen LogP contribution in [0.5, 0.6) is 5.75 Å². The first-order chi connectivity index (χ1) is 12.2. The summed E-state index contributed by atoms with van der Waals surface area (Å²) in [7, 11) is 0. The van der Waals surface area contributed by atoms with Crippen LogP contribution in [0.15, 0.2) is 59.7 Å². The number of benzene rings is 2. The monoisotopic (exact) mass is 339 g/mol.